The molecule has 8 heteroatoms. The van der Waals surface area contributed by atoms with Crippen LogP contribution in [-0.2, 0) is 7.05 Å². The highest BCUT2D eigenvalue weighted by atomic mass is 19.1. The third-order valence-electron chi connectivity index (χ3n) is 5.28. The normalized spacial score (nSPS) is 17.0. The third kappa shape index (κ3) is 3.20. The molecule has 0 radical (unpaired) electrons. The lowest BCUT2D eigenvalue weighted by molar-refractivity contribution is 0.0761. The summed E-state index contributed by atoms with van der Waals surface area (Å²) in [6, 6.07) is 3.60. The van der Waals surface area contributed by atoms with Crippen molar-refractivity contribution in [1.29, 1.82) is 0 Å². The number of nitrogens with one attached hydrogen (secondary N) is 2. The number of hydrogen-bond donors (Lipinski definition) is 2. The van der Waals surface area contributed by atoms with Gasteiger partial charge in [0, 0.05) is 19.7 Å². The first kappa shape index (κ1) is 17.3. The Balaban J connectivity index is 1.74. The number of aromatic amines is 1. The van der Waals surface area contributed by atoms with Crippen molar-refractivity contribution in [3.05, 3.63) is 51.7 Å². The molecule has 0 bridgehead atoms. The largest absolute Gasteiger partial charge is 0.349 e. The van der Waals surface area contributed by atoms with E-state index in [4.69, 9.17) is 0 Å². The van der Waals surface area contributed by atoms with Crippen molar-refractivity contribution in [2.75, 3.05) is 6.54 Å². The number of carbonyl (C=O) groups excluding carboxylic acids is 1. The fourth-order valence-electron chi connectivity index (χ4n) is 3.42. The quantitative estimate of drug-likeness (QED) is 0.867. The summed E-state index contributed by atoms with van der Waals surface area (Å²) < 4.78 is 28.3. The number of amides is 1. The molecule has 6 nitrogen and oxygen atoms in total. The lowest BCUT2D eigenvalue weighted by atomic mass is 9.59. The zero-order valence-electron chi connectivity index (χ0n) is 14.1. The molecule has 1 amide bonds. The molecule has 0 aliphatic heterocycles. The number of nitrogens with zero attached hydrogens (tertiary/aromatic N) is 2. The SMILES string of the molecule is CC(c1ccc(F)cc1F)C1(CNC(=O)c2nn(C)c(=O)[nH]2)CCC1. The fraction of sp³-hybridized carbons (Fsp3) is 0.471. The molecule has 1 aliphatic carbocycles. The molecular weight excluding hydrogens is 330 g/mol. The smallest absolute Gasteiger partial charge is 0.343 e. The van der Waals surface area contributed by atoms with Gasteiger partial charge >= 0.3 is 5.69 Å². The van der Waals surface area contributed by atoms with Gasteiger partial charge in [0.25, 0.3) is 5.91 Å². The summed E-state index contributed by atoms with van der Waals surface area (Å²) in [4.78, 5) is 25.9. The average Bonchev–Trinajstić information content (AvgIpc) is 2.85. The van der Waals surface area contributed by atoms with Crippen molar-refractivity contribution >= 4 is 5.91 Å². The van der Waals surface area contributed by atoms with Crippen LogP contribution in [0.15, 0.2) is 23.0 Å². The van der Waals surface area contributed by atoms with E-state index in [1.807, 2.05) is 6.92 Å². The van der Waals surface area contributed by atoms with Gasteiger partial charge in [-0.15, -0.1) is 5.10 Å². The van der Waals surface area contributed by atoms with E-state index < -0.39 is 23.2 Å². The molecule has 1 aliphatic rings. The maximum atomic E-state index is 14.1. The fourth-order valence-corrected chi connectivity index (χ4v) is 3.42. The van der Waals surface area contributed by atoms with Gasteiger partial charge in [0.15, 0.2) is 0 Å². The molecule has 1 atom stereocenters. The van der Waals surface area contributed by atoms with Gasteiger partial charge in [0.2, 0.25) is 5.82 Å². The first-order valence-electron chi connectivity index (χ1n) is 8.19. The zero-order chi connectivity index (χ0) is 18.2. The zero-order valence-corrected chi connectivity index (χ0v) is 14.1. The molecule has 25 heavy (non-hydrogen) atoms. The Bertz CT molecular complexity index is 855. The second kappa shape index (κ2) is 6.42. The van der Waals surface area contributed by atoms with E-state index in [9.17, 15) is 18.4 Å². The minimum Gasteiger partial charge on any atom is -0.349 e. The lowest BCUT2D eigenvalue weighted by Crippen LogP contribution is -2.45. The topological polar surface area (TPSA) is 79.8 Å². The second-order valence-electron chi connectivity index (χ2n) is 6.69. The Labute approximate surface area is 143 Å². The van der Waals surface area contributed by atoms with E-state index in [0.717, 1.165) is 30.0 Å². The highest BCUT2D eigenvalue weighted by Crippen LogP contribution is 2.51. The van der Waals surface area contributed by atoms with Crippen molar-refractivity contribution in [3.63, 3.8) is 0 Å². The van der Waals surface area contributed by atoms with E-state index >= 15 is 0 Å². The van der Waals surface area contributed by atoms with E-state index in [-0.39, 0.29) is 17.2 Å². The Kier molecular flexibility index (Phi) is 4.45. The molecule has 1 fully saturated rings. The third-order valence-corrected chi connectivity index (χ3v) is 5.28. The van der Waals surface area contributed by atoms with E-state index in [1.165, 1.54) is 19.2 Å². The molecule has 3 rings (SSSR count). The van der Waals surface area contributed by atoms with Crippen LogP contribution in [0, 0.1) is 17.0 Å². The van der Waals surface area contributed by atoms with Gasteiger partial charge in [-0.05, 0) is 35.8 Å². The Morgan fingerprint density at radius 3 is 2.68 bits per heavy atom. The van der Waals surface area contributed by atoms with Crippen LogP contribution in [0.2, 0.25) is 0 Å². The number of hydrogen-bond acceptors (Lipinski definition) is 3. The summed E-state index contributed by atoms with van der Waals surface area (Å²) in [5.74, 6) is -1.88. The van der Waals surface area contributed by atoms with Crippen molar-refractivity contribution in [2.45, 2.75) is 32.1 Å². The molecule has 1 heterocycles. The standard InChI is InChI=1S/C17H20F2N4O2/c1-10(12-5-4-11(18)8-13(12)19)17(6-3-7-17)9-20-15(24)14-21-16(25)23(2)22-14/h4-5,8,10H,3,6-7,9H2,1-2H3,(H,20,24)(H,21,22,25). The van der Waals surface area contributed by atoms with Crippen molar-refractivity contribution in [3.8, 4) is 0 Å². The summed E-state index contributed by atoms with van der Waals surface area (Å²) in [6.07, 6.45) is 2.66. The average molecular weight is 350 g/mol. The number of benzene rings is 1. The molecule has 2 aromatic rings. The predicted octanol–water partition coefficient (Wildman–Crippen LogP) is 2.09. The molecule has 0 spiro atoms. The van der Waals surface area contributed by atoms with Crippen molar-refractivity contribution < 1.29 is 13.6 Å². The second-order valence-corrected chi connectivity index (χ2v) is 6.69. The van der Waals surface area contributed by atoms with Gasteiger partial charge in [-0.2, -0.15) is 0 Å². The summed E-state index contributed by atoms with van der Waals surface area (Å²) in [5.41, 5.74) is -0.310. The maximum absolute atomic E-state index is 14.1. The van der Waals surface area contributed by atoms with E-state index in [1.54, 1.807) is 0 Å². The highest BCUT2D eigenvalue weighted by Gasteiger charge is 2.43. The van der Waals surface area contributed by atoms with Crippen LogP contribution in [0.1, 0.15) is 48.3 Å². The van der Waals surface area contributed by atoms with E-state index in [0.29, 0.717) is 12.1 Å². The van der Waals surface area contributed by atoms with Crippen LogP contribution in [0.4, 0.5) is 8.78 Å². The summed E-state index contributed by atoms with van der Waals surface area (Å²) in [7, 11) is 1.45. The summed E-state index contributed by atoms with van der Waals surface area (Å²) in [6.45, 7) is 2.23. The number of rotatable bonds is 5. The van der Waals surface area contributed by atoms with Crippen LogP contribution in [-0.4, -0.2) is 27.2 Å². The first-order chi connectivity index (χ1) is 11.8. The molecule has 1 aromatic heterocycles. The van der Waals surface area contributed by atoms with Crippen molar-refractivity contribution in [2.24, 2.45) is 12.5 Å². The number of carbonyl (C=O) groups is 1. The number of aryl methyl sites for hydroxylation is 1. The van der Waals surface area contributed by atoms with Gasteiger partial charge in [-0.3, -0.25) is 9.78 Å². The highest BCUT2D eigenvalue weighted by molar-refractivity contribution is 5.90. The Morgan fingerprint density at radius 1 is 1.44 bits per heavy atom. The van der Waals surface area contributed by atoms with Crippen LogP contribution in [0.25, 0.3) is 0 Å². The lowest BCUT2D eigenvalue weighted by Gasteiger charge is -2.47. The number of aromatic nitrogens is 3. The van der Waals surface area contributed by atoms with Gasteiger partial charge in [-0.25, -0.2) is 18.3 Å². The Hall–Kier alpha value is -2.51. The van der Waals surface area contributed by atoms with Gasteiger partial charge in [-0.1, -0.05) is 19.4 Å². The van der Waals surface area contributed by atoms with Crippen LogP contribution in [0.3, 0.4) is 0 Å². The van der Waals surface area contributed by atoms with Crippen LogP contribution >= 0.6 is 0 Å². The summed E-state index contributed by atoms with van der Waals surface area (Å²) in [5, 5.41) is 6.60. The molecule has 1 unspecified atom stereocenters. The summed E-state index contributed by atoms with van der Waals surface area (Å²) >= 11 is 0. The minimum atomic E-state index is -0.608. The van der Waals surface area contributed by atoms with Gasteiger partial charge in [0.1, 0.15) is 11.6 Å². The molecule has 2 N–H and O–H groups in total. The predicted molar refractivity (Wildman–Crippen MR) is 87.2 cm³/mol. The molecule has 134 valence electrons. The molecule has 1 aromatic carbocycles. The maximum Gasteiger partial charge on any atom is 0.343 e. The van der Waals surface area contributed by atoms with Gasteiger partial charge in [0.05, 0.1) is 0 Å². The number of H-pyrrole nitrogens is 1. The minimum absolute atomic E-state index is 0.0532. The monoisotopic (exact) mass is 350 g/mol. The van der Waals surface area contributed by atoms with Crippen LogP contribution in [0.5, 0.6) is 0 Å². The van der Waals surface area contributed by atoms with Gasteiger partial charge < -0.3 is 5.32 Å². The molecule has 1 saturated carbocycles. The van der Waals surface area contributed by atoms with Crippen LogP contribution < -0.4 is 11.0 Å². The molecular formula is C17H20F2N4O2. The molecule has 0 saturated heterocycles. The first-order valence-corrected chi connectivity index (χ1v) is 8.19. The Morgan fingerprint density at radius 2 is 2.16 bits per heavy atom. The number of halogens is 2. The van der Waals surface area contributed by atoms with Crippen molar-refractivity contribution in [1.82, 2.24) is 20.1 Å². The van der Waals surface area contributed by atoms with E-state index in [2.05, 4.69) is 15.4 Å².